The second kappa shape index (κ2) is 7.31. The van der Waals surface area contributed by atoms with E-state index >= 15 is 0 Å². The second-order valence-corrected chi connectivity index (χ2v) is 5.44. The van der Waals surface area contributed by atoms with Crippen molar-refractivity contribution in [3.05, 3.63) is 29.3 Å². The quantitative estimate of drug-likeness (QED) is 0.860. The monoisotopic (exact) mass is 291 g/mol. The molecule has 0 aromatic heterocycles. The first-order valence-corrected chi connectivity index (χ1v) is 7.46. The van der Waals surface area contributed by atoms with Crippen molar-refractivity contribution in [3.8, 4) is 0 Å². The van der Waals surface area contributed by atoms with Gasteiger partial charge in [0, 0.05) is 45.5 Å². The molecule has 5 nitrogen and oxygen atoms in total. The zero-order valence-electron chi connectivity index (χ0n) is 13.2. The highest BCUT2D eigenvalue weighted by molar-refractivity contribution is 5.74. The molecule has 1 aromatic rings. The fourth-order valence-corrected chi connectivity index (χ4v) is 2.81. The van der Waals surface area contributed by atoms with E-state index in [4.69, 9.17) is 4.74 Å². The first-order valence-electron chi connectivity index (χ1n) is 7.46. The molecule has 2 rings (SSSR count). The number of benzene rings is 1. The predicted molar refractivity (Wildman–Crippen MR) is 85.0 cm³/mol. The van der Waals surface area contributed by atoms with E-state index in [1.54, 1.807) is 7.11 Å². The number of methoxy groups -OCH3 is 1. The summed E-state index contributed by atoms with van der Waals surface area (Å²) in [5.74, 6) is 0. The van der Waals surface area contributed by atoms with E-state index in [2.05, 4.69) is 42.3 Å². The molecule has 1 saturated heterocycles. The van der Waals surface area contributed by atoms with Crippen LogP contribution in [0.3, 0.4) is 0 Å². The lowest BCUT2D eigenvalue weighted by Crippen LogP contribution is -2.52. The van der Waals surface area contributed by atoms with Crippen molar-refractivity contribution >= 4 is 11.7 Å². The molecule has 0 aliphatic carbocycles. The van der Waals surface area contributed by atoms with E-state index in [0.29, 0.717) is 13.2 Å². The molecule has 1 fully saturated rings. The van der Waals surface area contributed by atoms with Crippen molar-refractivity contribution in [2.75, 3.05) is 51.3 Å². The van der Waals surface area contributed by atoms with Crippen LogP contribution in [0.5, 0.6) is 0 Å². The molecule has 1 aliphatic rings. The summed E-state index contributed by atoms with van der Waals surface area (Å²) < 4.78 is 4.94. The standard InChI is InChI=1S/C16H25N3O2/c1-13-5-4-6-14(2)15(13)18-8-10-19(11-9-18)16(20)17-7-12-21-3/h4-6H,7-12H2,1-3H3,(H,17,20). The molecular weight excluding hydrogens is 266 g/mol. The van der Waals surface area contributed by atoms with E-state index in [9.17, 15) is 4.79 Å². The highest BCUT2D eigenvalue weighted by Crippen LogP contribution is 2.25. The smallest absolute Gasteiger partial charge is 0.317 e. The van der Waals surface area contributed by atoms with Gasteiger partial charge in [-0.2, -0.15) is 0 Å². The molecule has 116 valence electrons. The highest BCUT2D eigenvalue weighted by Gasteiger charge is 2.22. The van der Waals surface area contributed by atoms with Gasteiger partial charge in [0.05, 0.1) is 6.61 Å². The van der Waals surface area contributed by atoms with Crippen molar-refractivity contribution in [1.29, 1.82) is 0 Å². The minimum Gasteiger partial charge on any atom is -0.383 e. The number of amides is 2. The number of aryl methyl sites for hydroxylation is 2. The van der Waals surface area contributed by atoms with Crippen LogP contribution < -0.4 is 10.2 Å². The predicted octanol–water partition coefficient (Wildman–Crippen LogP) is 1.78. The Morgan fingerprint density at radius 2 is 1.81 bits per heavy atom. The molecule has 5 heteroatoms. The van der Waals surface area contributed by atoms with Gasteiger partial charge in [-0.05, 0) is 25.0 Å². The summed E-state index contributed by atoms with van der Waals surface area (Å²) in [6.07, 6.45) is 0. The van der Waals surface area contributed by atoms with Gasteiger partial charge >= 0.3 is 6.03 Å². The van der Waals surface area contributed by atoms with Gasteiger partial charge in [-0.1, -0.05) is 18.2 Å². The molecular formula is C16H25N3O2. The van der Waals surface area contributed by atoms with Crippen LogP contribution in [0.4, 0.5) is 10.5 Å². The lowest BCUT2D eigenvalue weighted by atomic mass is 10.1. The fraction of sp³-hybridized carbons (Fsp3) is 0.562. The van der Waals surface area contributed by atoms with Gasteiger partial charge in [-0.25, -0.2) is 4.79 Å². The third-order valence-electron chi connectivity index (χ3n) is 3.91. The molecule has 0 unspecified atom stereocenters. The molecule has 1 aliphatic heterocycles. The molecule has 2 amide bonds. The molecule has 1 aromatic carbocycles. The second-order valence-electron chi connectivity index (χ2n) is 5.44. The van der Waals surface area contributed by atoms with Crippen molar-refractivity contribution < 1.29 is 9.53 Å². The van der Waals surface area contributed by atoms with Crippen molar-refractivity contribution in [3.63, 3.8) is 0 Å². The van der Waals surface area contributed by atoms with E-state index in [1.165, 1.54) is 16.8 Å². The Labute approximate surface area is 126 Å². The van der Waals surface area contributed by atoms with Crippen molar-refractivity contribution in [1.82, 2.24) is 10.2 Å². The van der Waals surface area contributed by atoms with Gasteiger partial charge in [0.15, 0.2) is 0 Å². The molecule has 0 saturated carbocycles. The number of hydrogen-bond donors (Lipinski definition) is 1. The number of carbonyl (C=O) groups excluding carboxylic acids is 1. The molecule has 1 N–H and O–H groups in total. The summed E-state index contributed by atoms with van der Waals surface area (Å²) in [7, 11) is 1.63. The number of para-hydroxylation sites is 1. The first kappa shape index (κ1) is 15.6. The average molecular weight is 291 g/mol. The lowest BCUT2D eigenvalue weighted by Gasteiger charge is -2.37. The minimum atomic E-state index is 0.00760. The van der Waals surface area contributed by atoms with Crippen LogP contribution in [-0.4, -0.2) is 57.4 Å². The Morgan fingerprint density at radius 1 is 1.19 bits per heavy atom. The number of rotatable bonds is 4. The summed E-state index contributed by atoms with van der Waals surface area (Å²) >= 11 is 0. The number of urea groups is 1. The van der Waals surface area contributed by atoms with Crippen LogP contribution in [0.15, 0.2) is 18.2 Å². The molecule has 0 atom stereocenters. The molecule has 0 bridgehead atoms. The Morgan fingerprint density at radius 3 is 2.38 bits per heavy atom. The number of nitrogens with one attached hydrogen (secondary N) is 1. The van der Waals surface area contributed by atoms with Crippen LogP contribution in [0, 0.1) is 13.8 Å². The Kier molecular flexibility index (Phi) is 5.44. The number of piperazine rings is 1. The van der Waals surface area contributed by atoms with Gasteiger partial charge in [-0.3, -0.25) is 0 Å². The van der Waals surface area contributed by atoms with Crippen molar-refractivity contribution in [2.24, 2.45) is 0 Å². The van der Waals surface area contributed by atoms with E-state index < -0.39 is 0 Å². The maximum absolute atomic E-state index is 12.0. The Hall–Kier alpha value is -1.75. The highest BCUT2D eigenvalue weighted by atomic mass is 16.5. The third-order valence-corrected chi connectivity index (χ3v) is 3.91. The van der Waals surface area contributed by atoms with Gasteiger partial charge in [-0.15, -0.1) is 0 Å². The van der Waals surface area contributed by atoms with E-state index in [0.717, 1.165) is 26.2 Å². The summed E-state index contributed by atoms with van der Waals surface area (Å²) in [5.41, 5.74) is 3.91. The summed E-state index contributed by atoms with van der Waals surface area (Å²) in [6, 6.07) is 6.39. The number of ether oxygens (including phenoxy) is 1. The number of nitrogens with zero attached hydrogens (tertiary/aromatic N) is 2. The molecule has 0 spiro atoms. The molecule has 21 heavy (non-hydrogen) atoms. The van der Waals surface area contributed by atoms with Crippen molar-refractivity contribution in [2.45, 2.75) is 13.8 Å². The number of carbonyl (C=O) groups is 1. The van der Waals surface area contributed by atoms with Crippen LogP contribution in [0.25, 0.3) is 0 Å². The summed E-state index contributed by atoms with van der Waals surface area (Å²) in [6.45, 7) is 8.67. The molecule has 1 heterocycles. The fourth-order valence-electron chi connectivity index (χ4n) is 2.81. The maximum atomic E-state index is 12.0. The van der Waals surface area contributed by atoms with Gasteiger partial charge in [0.25, 0.3) is 0 Å². The largest absolute Gasteiger partial charge is 0.383 e. The Bertz CT molecular complexity index is 462. The summed E-state index contributed by atoms with van der Waals surface area (Å²) in [5, 5.41) is 2.87. The maximum Gasteiger partial charge on any atom is 0.317 e. The van der Waals surface area contributed by atoms with Crippen LogP contribution in [-0.2, 0) is 4.74 Å². The van der Waals surface area contributed by atoms with E-state index in [1.807, 2.05) is 4.90 Å². The van der Waals surface area contributed by atoms with Gasteiger partial charge in [0.2, 0.25) is 0 Å². The number of anilines is 1. The number of hydrogen-bond acceptors (Lipinski definition) is 3. The van der Waals surface area contributed by atoms with Crippen LogP contribution in [0.2, 0.25) is 0 Å². The Balaban J connectivity index is 1.90. The zero-order valence-corrected chi connectivity index (χ0v) is 13.2. The normalized spacial score (nSPS) is 15.2. The van der Waals surface area contributed by atoms with Gasteiger partial charge < -0.3 is 19.9 Å². The minimum absolute atomic E-state index is 0.00760. The van der Waals surface area contributed by atoms with Crippen LogP contribution in [0.1, 0.15) is 11.1 Å². The SMILES string of the molecule is COCCNC(=O)N1CCN(c2c(C)cccc2C)CC1. The third kappa shape index (κ3) is 3.88. The lowest BCUT2D eigenvalue weighted by molar-refractivity contribution is 0.177. The van der Waals surface area contributed by atoms with E-state index in [-0.39, 0.29) is 6.03 Å². The topological polar surface area (TPSA) is 44.8 Å². The van der Waals surface area contributed by atoms with Gasteiger partial charge in [0.1, 0.15) is 0 Å². The molecule has 0 radical (unpaired) electrons. The van der Waals surface area contributed by atoms with Crippen LogP contribution >= 0.6 is 0 Å². The summed E-state index contributed by atoms with van der Waals surface area (Å²) in [4.78, 5) is 16.2. The average Bonchev–Trinajstić information content (AvgIpc) is 2.48. The first-order chi connectivity index (χ1) is 10.1. The zero-order chi connectivity index (χ0) is 15.2.